The van der Waals surface area contributed by atoms with E-state index < -0.39 is 0 Å². The first-order valence-corrected chi connectivity index (χ1v) is 8.44. The summed E-state index contributed by atoms with van der Waals surface area (Å²) >= 11 is 0. The van der Waals surface area contributed by atoms with Crippen LogP contribution in [0.15, 0.2) is 0 Å². The summed E-state index contributed by atoms with van der Waals surface area (Å²) in [5.41, 5.74) is 8.67. The highest BCUT2D eigenvalue weighted by Gasteiger charge is 2.26. The Morgan fingerprint density at radius 1 is 1.25 bits per heavy atom. The number of hydrogen-bond donors (Lipinski definition) is 2. The van der Waals surface area contributed by atoms with Gasteiger partial charge < -0.3 is 5.73 Å². The van der Waals surface area contributed by atoms with Crippen LogP contribution in [0.4, 0.5) is 5.82 Å². The maximum Gasteiger partial charge on any atom is 0.148 e. The Labute approximate surface area is 123 Å². The van der Waals surface area contributed by atoms with Crippen molar-refractivity contribution in [2.75, 3.05) is 5.73 Å². The van der Waals surface area contributed by atoms with Crippen LogP contribution < -0.4 is 5.73 Å². The fourth-order valence-electron chi connectivity index (χ4n) is 3.59. The number of rotatable bonds is 6. The summed E-state index contributed by atoms with van der Waals surface area (Å²) < 4.78 is 0. The van der Waals surface area contributed by atoms with E-state index in [2.05, 4.69) is 31.0 Å². The number of aromatic amines is 1. The van der Waals surface area contributed by atoms with E-state index in [9.17, 15) is 0 Å². The van der Waals surface area contributed by atoms with Crippen LogP contribution >= 0.6 is 0 Å². The number of nitrogens with zero attached hydrogens (tertiary/aromatic N) is 1. The van der Waals surface area contributed by atoms with E-state index in [1.165, 1.54) is 56.2 Å². The number of aromatic nitrogens is 2. The molecule has 0 atom stereocenters. The molecule has 0 bridgehead atoms. The van der Waals surface area contributed by atoms with E-state index in [4.69, 9.17) is 5.73 Å². The van der Waals surface area contributed by atoms with Crippen LogP contribution in [0.2, 0.25) is 0 Å². The van der Waals surface area contributed by atoms with Gasteiger partial charge >= 0.3 is 0 Å². The quantitative estimate of drug-likeness (QED) is 0.795. The van der Waals surface area contributed by atoms with Crippen molar-refractivity contribution in [3.05, 3.63) is 11.3 Å². The summed E-state index contributed by atoms with van der Waals surface area (Å²) in [5.74, 6) is 2.97. The highest BCUT2D eigenvalue weighted by atomic mass is 15.2. The summed E-state index contributed by atoms with van der Waals surface area (Å²) in [5, 5.41) is 7.50. The van der Waals surface area contributed by atoms with Crippen LogP contribution in [0, 0.1) is 11.8 Å². The minimum atomic E-state index is 0.634. The molecule has 114 valence electrons. The fourth-order valence-corrected chi connectivity index (χ4v) is 3.59. The third-order valence-corrected chi connectivity index (χ3v) is 4.76. The number of nitrogens with two attached hydrogens (primary N) is 1. The van der Waals surface area contributed by atoms with Crippen molar-refractivity contribution in [3.8, 4) is 0 Å². The van der Waals surface area contributed by atoms with Gasteiger partial charge in [-0.15, -0.1) is 0 Å². The van der Waals surface area contributed by atoms with Crippen LogP contribution in [-0.2, 0) is 6.42 Å². The first-order valence-electron chi connectivity index (χ1n) is 8.44. The molecule has 1 aliphatic rings. The summed E-state index contributed by atoms with van der Waals surface area (Å²) in [4.78, 5) is 0. The van der Waals surface area contributed by atoms with Crippen molar-refractivity contribution in [1.82, 2.24) is 10.2 Å². The zero-order chi connectivity index (χ0) is 14.5. The van der Waals surface area contributed by atoms with Gasteiger partial charge in [-0.05, 0) is 43.9 Å². The van der Waals surface area contributed by atoms with E-state index in [0.29, 0.717) is 11.8 Å². The zero-order valence-corrected chi connectivity index (χ0v) is 13.4. The third kappa shape index (κ3) is 3.77. The molecule has 2 rings (SSSR count). The molecule has 0 aliphatic heterocycles. The van der Waals surface area contributed by atoms with E-state index >= 15 is 0 Å². The molecular formula is C17H31N3. The lowest BCUT2D eigenvalue weighted by atomic mass is 9.77. The molecule has 0 amide bonds. The zero-order valence-electron chi connectivity index (χ0n) is 13.4. The van der Waals surface area contributed by atoms with E-state index in [1.807, 2.05) is 0 Å². The van der Waals surface area contributed by atoms with Gasteiger partial charge in [-0.1, -0.05) is 40.0 Å². The third-order valence-electron chi connectivity index (χ3n) is 4.76. The SMILES string of the molecule is CCCCC1CCC(c2[nH]nc(N)c2CC(C)C)CC1. The van der Waals surface area contributed by atoms with Crippen molar-refractivity contribution in [3.63, 3.8) is 0 Å². The highest BCUT2D eigenvalue weighted by Crippen LogP contribution is 2.39. The Hall–Kier alpha value is -0.990. The van der Waals surface area contributed by atoms with Crippen LogP contribution in [0.5, 0.6) is 0 Å². The van der Waals surface area contributed by atoms with Gasteiger partial charge in [0, 0.05) is 17.2 Å². The van der Waals surface area contributed by atoms with Gasteiger partial charge in [0.05, 0.1) is 0 Å². The maximum atomic E-state index is 6.05. The molecule has 1 aromatic rings. The van der Waals surface area contributed by atoms with Gasteiger partial charge in [0.1, 0.15) is 5.82 Å². The summed E-state index contributed by atoms with van der Waals surface area (Å²) in [7, 11) is 0. The van der Waals surface area contributed by atoms with Gasteiger partial charge in [0.15, 0.2) is 0 Å². The normalized spacial score (nSPS) is 23.4. The fraction of sp³-hybridized carbons (Fsp3) is 0.824. The molecule has 1 heterocycles. The number of hydrogen-bond acceptors (Lipinski definition) is 2. The van der Waals surface area contributed by atoms with Crippen molar-refractivity contribution < 1.29 is 0 Å². The molecule has 0 unspecified atom stereocenters. The average Bonchev–Trinajstić information content (AvgIpc) is 2.78. The predicted molar refractivity (Wildman–Crippen MR) is 85.8 cm³/mol. The Kier molecular flexibility index (Phi) is 5.50. The van der Waals surface area contributed by atoms with Gasteiger partial charge in [-0.3, -0.25) is 5.10 Å². The minimum Gasteiger partial charge on any atom is -0.382 e. The minimum absolute atomic E-state index is 0.634. The van der Waals surface area contributed by atoms with Crippen molar-refractivity contribution in [2.24, 2.45) is 11.8 Å². The van der Waals surface area contributed by atoms with E-state index in [-0.39, 0.29) is 0 Å². The van der Waals surface area contributed by atoms with E-state index in [0.717, 1.165) is 18.2 Å². The van der Waals surface area contributed by atoms with Gasteiger partial charge in [-0.2, -0.15) is 5.10 Å². The summed E-state index contributed by atoms with van der Waals surface area (Å²) in [6.45, 7) is 6.78. The molecular weight excluding hydrogens is 246 g/mol. The Bertz CT molecular complexity index is 400. The lowest BCUT2D eigenvalue weighted by Crippen LogP contribution is -2.15. The molecule has 0 aromatic carbocycles. The van der Waals surface area contributed by atoms with Crippen LogP contribution in [0.1, 0.15) is 82.9 Å². The molecule has 0 saturated heterocycles. The number of nitrogen functional groups attached to an aromatic ring is 1. The van der Waals surface area contributed by atoms with Crippen LogP contribution in [-0.4, -0.2) is 10.2 Å². The van der Waals surface area contributed by atoms with Gasteiger partial charge in [-0.25, -0.2) is 0 Å². The number of H-pyrrole nitrogens is 1. The molecule has 3 nitrogen and oxygen atoms in total. The van der Waals surface area contributed by atoms with Crippen LogP contribution in [0.3, 0.4) is 0 Å². The van der Waals surface area contributed by atoms with Crippen molar-refractivity contribution in [1.29, 1.82) is 0 Å². The lowest BCUT2D eigenvalue weighted by Gasteiger charge is -2.28. The molecule has 0 spiro atoms. The summed E-state index contributed by atoms with van der Waals surface area (Å²) in [6.07, 6.45) is 10.6. The Morgan fingerprint density at radius 3 is 2.55 bits per heavy atom. The Balaban J connectivity index is 1.96. The van der Waals surface area contributed by atoms with Crippen molar-refractivity contribution >= 4 is 5.82 Å². The monoisotopic (exact) mass is 277 g/mol. The average molecular weight is 277 g/mol. The first-order chi connectivity index (χ1) is 9.61. The molecule has 3 heteroatoms. The second-order valence-corrected chi connectivity index (χ2v) is 6.96. The summed E-state index contributed by atoms with van der Waals surface area (Å²) in [6, 6.07) is 0. The second kappa shape index (κ2) is 7.14. The molecule has 3 N–H and O–H groups in total. The standard InChI is InChI=1S/C17H31N3/c1-4-5-6-13-7-9-14(10-8-13)16-15(11-12(2)3)17(18)20-19-16/h12-14H,4-11H2,1-3H3,(H3,18,19,20). The molecule has 1 saturated carbocycles. The lowest BCUT2D eigenvalue weighted by molar-refractivity contribution is 0.300. The Morgan fingerprint density at radius 2 is 1.95 bits per heavy atom. The maximum absolute atomic E-state index is 6.05. The van der Waals surface area contributed by atoms with Crippen LogP contribution in [0.25, 0.3) is 0 Å². The second-order valence-electron chi connectivity index (χ2n) is 6.96. The highest BCUT2D eigenvalue weighted by molar-refractivity contribution is 5.43. The predicted octanol–water partition coefficient (Wildman–Crippen LogP) is 4.65. The number of nitrogens with one attached hydrogen (secondary N) is 1. The molecule has 1 aliphatic carbocycles. The first kappa shape index (κ1) is 15.4. The topological polar surface area (TPSA) is 54.7 Å². The largest absolute Gasteiger partial charge is 0.382 e. The van der Waals surface area contributed by atoms with Gasteiger partial charge in [0.2, 0.25) is 0 Å². The molecule has 20 heavy (non-hydrogen) atoms. The molecule has 0 radical (unpaired) electrons. The number of unbranched alkanes of at least 4 members (excludes halogenated alkanes) is 1. The van der Waals surface area contributed by atoms with Crippen molar-refractivity contribution in [2.45, 2.75) is 78.1 Å². The molecule has 1 aromatic heterocycles. The smallest absolute Gasteiger partial charge is 0.148 e. The van der Waals surface area contributed by atoms with E-state index in [1.54, 1.807) is 0 Å². The number of anilines is 1. The molecule has 1 fully saturated rings. The van der Waals surface area contributed by atoms with Gasteiger partial charge in [0.25, 0.3) is 0 Å².